The van der Waals surface area contributed by atoms with Crippen molar-refractivity contribution in [1.82, 2.24) is 9.13 Å². The number of aryl methyl sites for hydroxylation is 1. The van der Waals surface area contributed by atoms with Crippen LogP contribution in [0.1, 0.15) is 15.9 Å². The van der Waals surface area contributed by atoms with Crippen LogP contribution in [0.2, 0.25) is 0 Å². The van der Waals surface area contributed by atoms with E-state index in [0.717, 1.165) is 4.57 Å². The minimum atomic E-state index is -0.610. The summed E-state index contributed by atoms with van der Waals surface area (Å²) in [6.45, 7) is 0. The summed E-state index contributed by atoms with van der Waals surface area (Å²) in [5.41, 5.74) is -0.805. The van der Waals surface area contributed by atoms with Crippen LogP contribution in [-0.2, 0) is 14.1 Å². The molecule has 0 aliphatic carbocycles. The number of hydrogen-bond acceptors (Lipinski definition) is 4. The van der Waals surface area contributed by atoms with Gasteiger partial charge in [0.1, 0.15) is 11.3 Å². The lowest BCUT2D eigenvalue weighted by atomic mass is 10.1. The molecule has 0 N–H and O–H groups in total. The largest absolute Gasteiger partial charge is 0.497 e. The molecule has 0 aliphatic heterocycles. The van der Waals surface area contributed by atoms with Gasteiger partial charge in [-0.15, -0.1) is 0 Å². The minimum Gasteiger partial charge on any atom is -0.497 e. The summed E-state index contributed by atoms with van der Waals surface area (Å²) < 4.78 is 7.16. The van der Waals surface area contributed by atoms with Gasteiger partial charge >= 0.3 is 5.69 Å². The first kappa shape index (κ1) is 13.8. The highest BCUT2D eigenvalue weighted by atomic mass is 16.5. The molecule has 0 spiro atoms. The van der Waals surface area contributed by atoms with Crippen LogP contribution in [0.4, 0.5) is 0 Å². The Labute approximate surface area is 114 Å². The zero-order valence-electron chi connectivity index (χ0n) is 11.4. The zero-order valence-corrected chi connectivity index (χ0v) is 11.4. The van der Waals surface area contributed by atoms with Crippen LogP contribution in [0, 0.1) is 0 Å². The van der Waals surface area contributed by atoms with Crippen molar-refractivity contribution in [2.75, 3.05) is 7.11 Å². The number of methoxy groups -OCH3 is 1. The highest BCUT2D eigenvalue weighted by Gasteiger charge is 2.16. The fourth-order valence-electron chi connectivity index (χ4n) is 1.88. The van der Waals surface area contributed by atoms with Gasteiger partial charge in [-0.2, -0.15) is 0 Å². The monoisotopic (exact) mass is 274 g/mol. The third kappa shape index (κ3) is 2.27. The Kier molecular flexibility index (Phi) is 3.56. The lowest BCUT2D eigenvalue weighted by Gasteiger charge is -2.07. The van der Waals surface area contributed by atoms with E-state index in [1.165, 1.54) is 32.0 Å². The molecule has 6 nitrogen and oxygen atoms in total. The van der Waals surface area contributed by atoms with Crippen molar-refractivity contribution in [2.45, 2.75) is 0 Å². The van der Waals surface area contributed by atoms with E-state index < -0.39 is 17.0 Å². The molecule has 104 valence electrons. The molecule has 0 atom stereocenters. The Balaban J connectivity index is 2.59. The summed E-state index contributed by atoms with van der Waals surface area (Å²) in [4.78, 5) is 36.0. The van der Waals surface area contributed by atoms with Gasteiger partial charge in [-0.25, -0.2) is 4.79 Å². The summed E-state index contributed by atoms with van der Waals surface area (Å²) in [7, 11) is 4.33. The fraction of sp³-hybridized carbons (Fsp3) is 0.214. The molecule has 0 saturated carbocycles. The van der Waals surface area contributed by atoms with Gasteiger partial charge in [-0.05, 0) is 12.1 Å². The van der Waals surface area contributed by atoms with E-state index in [2.05, 4.69) is 0 Å². The lowest BCUT2D eigenvalue weighted by Crippen LogP contribution is -2.39. The van der Waals surface area contributed by atoms with Crippen molar-refractivity contribution in [1.29, 1.82) is 0 Å². The Morgan fingerprint density at radius 3 is 2.55 bits per heavy atom. The number of benzene rings is 1. The van der Waals surface area contributed by atoms with Crippen LogP contribution in [0.5, 0.6) is 5.75 Å². The first-order chi connectivity index (χ1) is 9.45. The number of ketones is 1. The summed E-state index contributed by atoms with van der Waals surface area (Å²) >= 11 is 0. The maximum Gasteiger partial charge on any atom is 0.330 e. The molecule has 0 radical (unpaired) electrons. The van der Waals surface area contributed by atoms with Crippen molar-refractivity contribution >= 4 is 5.78 Å². The SMILES string of the molecule is COc1cccc(C(=O)c2cn(C)c(=O)n(C)c2=O)c1. The third-order valence-electron chi connectivity index (χ3n) is 3.02. The average Bonchev–Trinajstić information content (AvgIpc) is 2.48. The maximum absolute atomic E-state index is 12.4. The second-order valence-corrected chi connectivity index (χ2v) is 4.36. The Hall–Kier alpha value is -2.63. The van der Waals surface area contributed by atoms with Gasteiger partial charge in [0.25, 0.3) is 5.56 Å². The minimum absolute atomic E-state index is 0.0529. The maximum atomic E-state index is 12.4. The van der Waals surface area contributed by atoms with E-state index in [9.17, 15) is 14.4 Å². The first-order valence-corrected chi connectivity index (χ1v) is 5.91. The molecule has 0 amide bonds. The van der Waals surface area contributed by atoms with Gasteiger partial charge in [0.15, 0.2) is 5.78 Å². The molecule has 1 heterocycles. The fourth-order valence-corrected chi connectivity index (χ4v) is 1.88. The number of hydrogen-bond donors (Lipinski definition) is 0. The molecule has 0 aliphatic rings. The van der Waals surface area contributed by atoms with E-state index in [-0.39, 0.29) is 5.56 Å². The summed E-state index contributed by atoms with van der Waals surface area (Å²) in [6.07, 6.45) is 1.26. The quantitative estimate of drug-likeness (QED) is 0.756. The predicted molar refractivity (Wildman–Crippen MR) is 73.4 cm³/mol. The van der Waals surface area contributed by atoms with Crippen LogP contribution in [0.3, 0.4) is 0 Å². The van der Waals surface area contributed by atoms with E-state index in [4.69, 9.17) is 4.74 Å². The molecule has 0 unspecified atom stereocenters. The van der Waals surface area contributed by atoms with Crippen molar-refractivity contribution in [2.24, 2.45) is 14.1 Å². The second-order valence-electron chi connectivity index (χ2n) is 4.36. The molecule has 0 saturated heterocycles. The molecule has 6 heteroatoms. The normalized spacial score (nSPS) is 10.3. The Morgan fingerprint density at radius 1 is 1.20 bits per heavy atom. The molecule has 2 rings (SSSR count). The van der Waals surface area contributed by atoms with Crippen molar-refractivity contribution in [3.8, 4) is 5.75 Å². The zero-order chi connectivity index (χ0) is 14.9. The second kappa shape index (κ2) is 5.16. The number of aromatic nitrogens is 2. The molecule has 2 aromatic rings. The van der Waals surface area contributed by atoms with Crippen LogP contribution in [-0.4, -0.2) is 22.0 Å². The van der Waals surface area contributed by atoms with Crippen molar-refractivity contribution in [3.05, 3.63) is 62.4 Å². The molecular weight excluding hydrogens is 260 g/mol. The van der Waals surface area contributed by atoms with Gasteiger partial charge in [0.2, 0.25) is 0 Å². The number of nitrogens with zero attached hydrogens (tertiary/aromatic N) is 2. The van der Waals surface area contributed by atoms with Crippen molar-refractivity contribution < 1.29 is 9.53 Å². The molecule has 0 fully saturated rings. The summed E-state index contributed by atoms with van der Waals surface area (Å²) in [6, 6.07) is 6.51. The van der Waals surface area contributed by atoms with E-state index in [1.54, 1.807) is 24.3 Å². The van der Waals surface area contributed by atoms with Gasteiger partial charge in [0, 0.05) is 25.9 Å². The highest BCUT2D eigenvalue weighted by Crippen LogP contribution is 2.14. The Morgan fingerprint density at radius 2 is 1.90 bits per heavy atom. The van der Waals surface area contributed by atoms with E-state index >= 15 is 0 Å². The average molecular weight is 274 g/mol. The van der Waals surface area contributed by atoms with E-state index in [1.807, 2.05) is 0 Å². The standard InChI is InChI=1S/C14H14N2O4/c1-15-8-11(13(18)16(2)14(15)19)12(17)9-5-4-6-10(7-9)20-3/h4-8H,1-3H3. The number of ether oxygens (including phenoxy) is 1. The first-order valence-electron chi connectivity index (χ1n) is 5.91. The molecule has 1 aromatic heterocycles. The van der Waals surface area contributed by atoms with Crippen LogP contribution >= 0.6 is 0 Å². The van der Waals surface area contributed by atoms with Crippen molar-refractivity contribution in [3.63, 3.8) is 0 Å². The van der Waals surface area contributed by atoms with Gasteiger partial charge in [0.05, 0.1) is 7.11 Å². The lowest BCUT2D eigenvalue weighted by molar-refractivity contribution is 0.103. The highest BCUT2D eigenvalue weighted by molar-refractivity contribution is 6.08. The molecular formula is C14H14N2O4. The van der Waals surface area contributed by atoms with Gasteiger partial charge < -0.3 is 9.30 Å². The van der Waals surface area contributed by atoms with E-state index in [0.29, 0.717) is 11.3 Å². The molecule has 1 aromatic carbocycles. The van der Waals surface area contributed by atoms with Crippen LogP contribution in [0.25, 0.3) is 0 Å². The number of rotatable bonds is 3. The summed E-state index contributed by atoms with van der Waals surface area (Å²) in [5.74, 6) is 0.0811. The predicted octanol–water partition coefficient (Wildman–Crippen LogP) is 0.324. The molecule has 0 bridgehead atoms. The van der Waals surface area contributed by atoms with Crippen LogP contribution < -0.4 is 16.0 Å². The smallest absolute Gasteiger partial charge is 0.330 e. The van der Waals surface area contributed by atoms with Crippen LogP contribution in [0.15, 0.2) is 40.1 Å². The third-order valence-corrected chi connectivity index (χ3v) is 3.02. The molecule has 20 heavy (non-hydrogen) atoms. The topological polar surface area (TPSA) is 70.3 Å². The number of carbonyl (C=O) groups is 1. The Bertz CT molecular complexity index is 786. The summed E-state index contributed by atoms with van der Waals surface area (Å²) in [5, 5.41) is 0. The number of carbonyl (C=O) groups excluding carboxylic acids is 1. The van der Waals surface area contributed by atoms with Gasteiger partial charge in [-0.1, -0.05) is 12.1 Å². The van der Waals surface area contributed by atoms with Gasteiger partial charge in [-0.3, -0.25) is 14.2 Å².